The van der Waals surface area contributed by atoms with Crippen LogP contribution >= 0.6 is 12.4 Å². The van der Waals surface area contributed by atoms with E-state index in [1.807, 2.05) is 12.1 Å². The molecule has 18 heavy (non-hydrogen) atoms. The van der Waals surface area contributed by atoms with Crippen molar-refractivity contribution in [2.45, 2.75) is 0 Å². The van der Waals surface area contributed by atoms with E-state index in [9.17, 15) is 4.79 Å². The summed E-state index contributed by atoms with van der Waals surface area (Å²) < 4.78 is 5.09. The lowest BCUT2D eigenvalue weighted by Crippen LogP contribution is -2.35. The minimum absolute atomic E-state index is 0. The van der Waals surface area contributed by atoms with Gasteiger partial charge in [0.2, 0.25) is 0 Å². The van der Waals surface area contributed by atoms with Crippen molar-refractivity contribution in [1.82, 2.24) is 10.3 Å². The monoisotopic (exact) mass is 268 g/mol. The predicted molar refractivity (Wildman–Crippen MR) is 71.5 cm³/mol. The van der Waals surface area contributed by atoms with E-state index in [0.29, 0.717) is 5.69 Å². The highest BCUT2D eigenvalue weighted by Gasteiger charge is 2.10. The van der Waals surface area contributed by atoms with Crippen molar-refractivity contribution in [2.24, 2.45) is 5.73 Å². The van der Waals surface area contributed by atoms with Crippen molar-refractivity contribution in [3.63, 3.8) is 0 Å². The Balaban J connectivity index is 0.00000162. The van der Waals surface area contributed by atoms with Crippen molar-refractivity contribution < 1.29 is 9.53 Å². The number of rotatable bonds is 2. The largest absolute Gasteiger partial charge is 0.497 e. The van der Waals surface area contributed by atoms with Gasteiger partial charge in [-0.25, -0.2) is 0 Å². The molecular weight excluding hydrogens is 256 g/mol. The number of halogens is 1. The molecule has 0 bridgehead atoms. The molecule has 5 N–H and O–H groups in total. The van der Waals surface area contributed by atoms with Gasteiger partial charge in [0.1, 0.15) is 11.4 Å². The van der Waals surface area contributed by atoms with Crippen LogP contribution in [0.1, 0.15) is 10.5 Å². The Morgan fingerprint density at radius 2 is 2.17 bits per heavy atom. The summed E-state index contributed by atoms with van der Waals surface area (Å²) in [5, 5.41) is 10.1. The zero-order valence-corrected chi connectivity index (χ0v) is 10.4. The molecule has 2 rings (SSSR count). The SMILES string of the molecule is COc1ccc2[nH]c(C(=O)NC(=N)N)cc2c1.Cl. The number of amides is 1. The van der Waals surface area contributed by atoms with Crippen molar-refractivity contribution in [3.8, 4) is 5.75 Å². The minimum atomic E-state index is -0.437. The summed E-state index contributed by atoms with van der Waals surface area (Å²) in [5.41, 5.74) is 6.26. The average Bonchev–Trinajstić information content (AvgIpc) is 2.70. The van der Waals surface area contributed by atoms with Gasteiger partial charge >= 0.3 is 0 Å². The Hall–Kier alpha value is -2.21. The number of aromatic amines is 1. The van der Waals surface area contributed by atoms with Crippen LogP contribution in [0.15, 0.2) is 24.3 Å². The Morgan fingerprint density at radius 1 is 1.44 bits per heavy atom. The molecule has 0 spiro atoms. The molecule has 1 aromatic carbocycles. The van der Waals surface area contributed by atoms with Gasteiger partial charge < -0.3 is 15.5 Å². The van der Waals surface area contributed by atoms with Gasteiger partial charge in [-0.3, -0.25) is 15.5 Å². The molecule has 0 saturated heterocycles. The first-order valence-corrected chi connectivity index (χ1v) is 4.92. The van der Waals surface area contributed by atoms with Crippen LogP contribution < -0.4 is 15.8 Å². The first-order chi connectivity index (χ1) is 8.10. The lowest BCUT2D eigenvalue weighted by atomic mass is 10.2. The number of carbonyl (C=O) groups excluding carboxylic acids is 1. The van der Waals surface area contributed by atoms with E-state index < -0.39 is 5.91 Å². The first kappa shape index (κ1) is 13.9. The van der Waals surface area contributed by atoms with E-state index in [0.717, 1.165) is 16.7 Å². The average molecular weight is 269 g/mol. The summed E-state index contributed by atoms with van der Waals surface area (Å²) in [7, 11) is 1.58. The molecule has 0 aliphatic carbocycles. The van der Waals surface area contributed by atoms with E-state index in [1.54, 1.807) is 19.2 Å². The number of hydrogen-bond acceptors (Lipinski definition) is 3. The summed E-state index contributed by atoms with van der Waals surface area (Å²) in [6.07, 6.45) is 0. The second kappa shape index (κ2) is 5.42. The zero-order chi connectivity index (χ0) is 12.4. The number of methoxy groups -OCH3 is 1. The molecule has 1 aromatic heterocycles. The molecule has 6 nitrogen and oxygen atoms in total. The first-order valence-electron chi connectivity index (χ1n) is 4.92. The lowest BCUT2D eigenvalue weighted by Gasteiger charge is -1.98. The number of aromatic nitrogens is 1. The van der Waals surface area contributed by atoms with Crippen molar-refractivity contribution >= 4 is 35.2 Å². The van der Waals surface area contributed by atoms with Crippen LogP contribution in [0.2, 0.25) is 0 Å². The number of nitrogens with two attached hydrogens (primary N) is 1. The highest BCUT2D eigenvalue weighted by molar-refractivity contribution is 6.05. The van der Waals surface area contributed by atoms with Crippen LogP contribution in [0.4, 0.5) is 0 Å². The van der Waals surface area contributed by atoms with Gasteiger partial charge in [-0.05, 0) is 24.3 Å². The molecular formula is C11H13ClN4O2. The van der Waals surface area contributed by atoms with Crippen LogP contribution in [0.3, 0.4) is 0 Å². The van der Waals surface area contributed by atoms with Crippen LogP contribution in [0.25, 0.3) is 10.9 Å². The summed E-state index contributed by atoms with van der Waals surface area (Å²) in [6.45, 7) is 0. The number of H-pyrrole nitrogens is 1. The third-order valence-corrected chi connectivity index (χ3v) is 2.32. The maximum atomic E-state index is 11.6. The van der Waals surface area contributed by atoms with Crippen LogP contribution in [-0.2, 0) is 0 Å². The summed E-state index contributed by atoms with van der Waals surface area (Å²) in [4.78, 5) is 14.5. The summed E-state index contributed by atoms with van der Waals surface area (Å²) >= 11 is 0. The van der Waals surface area contributed by atoms with Gasteiger partial charge in [0, 0.05) is 10.9 Å². The van der Waals surface area contributed by atoms with Gasteiger partial charge in [0.25, 0.3) is 5.91 Å². The molecule has 0 saturated carbocycles. The second-order valence-electron chi connectivity index (χ2n) is 3.50. The molecule has 1 amide bonds. The van der Waals surface area contributed by atoms with Crippen molar-refractivity contribution in [1.29, 1.82) is 5.41 Å². The van der Waals surface area contributed by atoms with E-state index in [2.05, 4.69) is 10.3 Å². The Kier molecular flexibility index (Phi) is 4.17. The number of ether oxygens (including phenoxy) is 1. The number of hydrogen-bond donors (Lipinski definition) is 4. The lowest BCUT2D eigenvalue weighted by molar-refractivity contribution is 0.0972. The number of benzene rings is 1. The molecule has 2 aromatic rings. The van der Waals surface area contributed by atoms with Gasteiger partial charge in [-0.2, -0.15) is 0 Å². The van der Waals surface area contributed by atoms with E-state index in [1.165, 1.54) is 0 Å². The van der Waals surface area contributed by atoms with E-state index in [4.69, 9.17) is 15.9 Å². The standard InChI is InChI=1S/C11H12N4O2.ClH/c1-17-7-2-3-8-6(4-7)5-9(14-8)10(16)15-11(12)13;/h2-5,14H,1H3,(H4,12,13,15,16);1H. The topological polar surface area (TPSA) is 104 Å². The third-order valence-electron chi connectivity index (χ3n) is 2.32. The fourth-order valence-corrected chi connectivity index (χ4v) is 1.55. The molecule has 0 unspecified atom stereocenters. The fraction of sp³-hybridized carbons (Fsp3) is 0.0909. The third kappa shape index (κ3) is 2.72. The maximum absolute atomic E-state index is 11.6. The van der Waals surface area contributed by atoms with E-state index in [-0.39, 0.29) is 18.4 Å². The number of carbonyl (C=O) groups is 1. The molecule has 0 radical (unpaired) electrons. The minimum Gasteiger partial charge on any atom is -0.497 e. The van der Waals surface area contributed by atoms with Crippen molar-refractivity contribution in [2.75, 3.05) is 7.11 Å². The van der Waals surface area contributed by atoms with Crippen molar-refractivity contribution in [3.05, 3.63) is 30.0 Å². The molecule has 96 valence electrons. The fourth-order valence-electron chi connectivity index (χ4n) is 1.55. The molecule has 1 heterocycles. The predicted octanol–water partition coefficient (Wildman–Crippen LogP) is 1.22. The van der Waals surface area contributed by atoms with Gasteiger partial charge in [0.15, 0.2) is 5.96 Å². The van der Waals surface area contributed by atoms with E-state index >= 15 is 0 Å². The Labute approximate surface area is 109 Å². The quantitative estimate of drug-likeness (QED) is 0.486. The number of fused-ring (bicyclic) bond motifs is 1. The second-order valence-corrected chi connectivity index (χ2v) is 3.50. The van der Waals surface area contributed by atoms with Crippen LogP contribution in [0, 0.1) is 5.41 Å². The Morgan fingerprint density at radius 3 is 2.78 bits per heavy atom. The smallest absolute Gasteiger partial charge is 0.274 e. The molecule has 0 fully saturated rings. The van der Waals surface area contributed by atoms with Crippen LogP contribution in [-0.4, -0.2) is 24.0 Å². The molecule has 0 aliphatic heterocycles. The van der Waals surface area contributed by atoms with Gasteiger partial charge in [0.05, 0.1) is 7.11 Å². The number of nitrogens with one attached hydrogen (secondary N) is 3. The Bertz CT molecular complexity index is 594. The van der Waals surface area contributed by atoms with Gasteiger partial charge in [-0.1, -0.05) is 0 Å². The molecule has 0 atom stereocenters. The maximum Gasteiger partial charge on any atom is 0.274 e. The molecule has 0 aliphatic rings. The van der Waals surface area contributed by atoms with Crippen LogP contribution in [0.5, 0.6) is 5.75 Å². The summed E-state index contributed by atoms with van der Waals surface area (Å²) in [6, 6.07) is 7.11. The normalized spacial score (nSPS) is 9.61. The summed E-state index contributed by atoms with van der Waals surface area (Å²) in [5.74, 6) is -0.103. The molecule has 7 heteroatoms. The van der Waals surface area contributed by atoms with Gasteiger partial charge in [-0.15, -0.1) is 12.4 Å². The zero-order valence-electron chi connectivity index (χ0n) is 9.61. The highest BCUT2D eigenvalue weighted by atomic mass is 35.5. The highest BCUT2D eigenvalue weighted by Crippen LogP contribution is 2.21. The number of guanidine groups is 1.